The van der Waals surface area contributed by atoms with Crippen LogP contribution in [0.1, 0.15) is 34.7 Å². The zero-order valence-corrected chi connectivity index (χ0v) is 10.5. The van der Waals surface area contributed by atoms with E-state index in [0.29, 0.717) is 0 Å². The van der Waals surface area contributed by atoms with Crippen LogP contribution in [-0.2, 0) is 6.42 Å². The van der Waals surface area contributed by atoms with E-state index in [-0.39, 0.29) is 5.82 Å². The quantitative estimate of drug-likeness (QED) is 0.599. The van der Waals surface area contributed by atoms with E-state index in [1.54, 1.807) is 0 Å². The molecule has 0 spiro atoms. The molecule has 1 aromatic carbocycles. The molecule has 0 aliphatic carbocycles. The average Bonchev–Trinajstić information content (AvgIpc) is 2.27. The molecule has 0 fully saturated rings. The van der Waals surface area contributed by atoms with Gasteiger partial charge in [0.15, 0.2) is 0 Å². The van der Waals surface area contributed by atoms with Crippen molar-refractivity contribution in [2.75, 3.05) is 0 Å². The van der Waals surface area contributed by atoms with E-state index in [4.69, 9.17) is 0 Å². The maximum atomic E-state index is 13.7. The summed E-state index contributed by atoms with van der Waals surface area (Å²) in [7, 11) is 0. The van der Waals surface area contributed by atoms with E-state index in [0.717, 1.165) is 28.7 Å². The second kappa shape index (κ2) is 5.69. The summed E-state index contributed by atoms with van der Waals surface area (Å²) in [6.07, 6.45) is 0.777. The molecule has 15 heavy (non-hydrogen) atoms. The Bertz CT molecular complexity index is 322. The van der Waals surface area contributed by atoms with Crippen molar-refractivity contribution in [3.05, 3.63) is 46.8 Å². The molecule has 1 rings (SSSR count). The van der Waals surface area contributed by atoms with E-state index in [9.17, 15) is 4.39 Å². The van der Waals surface area contributed by atoms with Gasteiger partial charge in [-0.15, -0.1) is 13.2 Å². The third-order valence-corrected chi connectivity index (χ3v) is 3.09. The molecule has 0 bridgehead atoms. The zero-order chi connectivity index (χ0) is 12.2. The Kier molecular flexibility index (Phi) is 5.27. The molecule has 0 heterocycles. The van der Waals surface area contributed by atoms with Crippen molar-refractivity contribution in [2.24, 2.45) is 0 Å². The highest BCUT2D eigenvalue weighted by Crippen LogP contribution is 2.25. The topological polar surface area (TPSA) is 0 Å². The minimum Gasteiger partial charge on any atom is -0.206 e. The van der Waals surface area contributed by atoms with Gasteiger partial charge >= 0.3 is 0 Å². The van der Waals surface area contributed by atoms with Gasteiger partial charge in [0.25, 0.3) is 0 Å². The van der Waals surface area contributed by atoms with Crippen LogP contribution < -0.4 is 0 Å². The summed E-state index contributed by atoms with van der Waals surface area (Å²) in [4.78, 5) is 0. The Hall–Kier alpha value is -1.11. The summed E-state index contributed by atoms with van der Waals surface area (Å²) >= 11 is 0. The van der Waals surface area contributed by atoms with E-state index in [2.05, 4.69) is 20.1 Å². The highest BCUT2D eigenvalue weighted by molar-refractivity contribution is 5.44. The monoisotopic (exact) mass is 208 g/mol. The number of benzene rings is 1. The second-order valence-corrected chi connectivity index (χ2v) is 3.65. The summed E-state index contributed by atoms with van der Waals surface area (Å²) < 4.78 is 13.7. The minimum absolute atomic E-state index is 0.0110. The van der Waals surface area contributed by atoms with Crippen molar-refractivity contribution in [3.8, 4) is 0 Å². The number of rotatable bonds is 1. The molecule has 1 aromatic rings. The van der Waals surface area contributed by atoms with Gasteiger partial charge in [0.05, 0.1) is 0 Å². The van der Waals surface area contributed by atoms with Gasteiger partial charge in [-0.25, -0.2) is 4.39 Å². The predicted octanol–water partition coefficient (Wildman–Crippen LogP) is 4.42. The highest BCUT2D eigenvalue weighted by atomic mass is 19.1. The van der Waals surface area contributed by atoms with Crippen LogP contribution in [-0.4, -0.2) is 0 Å². The fourth-order valence-corrected chi connectivity index (χ4v) is 1.76. The van der Waals surface area contributed by atoms with Crippen molar-refractivity contribution in [1.29, 1.82) is 0 Å². The van der Waals surface area contributed by atoms with Crippen LogP contribution in [0, 0.1) is 33.5 Å². The number of hydrogen-bond donors (Lipinski definition) is 0. The molecule has 0 saturated carbocycles. The van der Waals surface area contributed by atoms with Crippen molar-refractivity contribution in [2.45, 2.75) is 41.0 Å². The van der Waals surface area contributed by atoms with Crippen LogP contribution in [0.3, 0.4) is 0 Å². The third-order valence-electron chi connectivity index (χ3n) is 3.09. The average molecular weight is 208 g/mol. The van der Waals surface area contributed by atoms with Gasteiger partial charge in [-0.3, -0.25) is 0 Å². The Morgan fingerprint density at radius 1 is 0.867 bits per heavy atom. The fourth-order valence-electron chi connectivity index (χ4n) is 1.76. The minimum atomic E-state index is -0.0110. The van der Waals surface area contributed by atoms with Gasteiger partial charge in [0.2, 0.25) is 0 Å². The normalized spacial score (nSPS) is 9.47. The van der Waals surface area contributed by atoms with Crippen molar-refractivity contribution >= 4 is 0 Å². The predicted molar refractivity (Wildman–Crippen MR) is 66.0 cm³/mol. The molecule has 0 aromatic heterocycles. The molecule has 0 amide bonds. The summed E-state index contributed by atoms with van der Waals surface area (Å²) in [5.74, 6) is -0.0110. The van der Waals surface area contributed by atoms with Crippen LogP contribution >= 0.6 is 0 Å². The molecular weight excluding hydrogens is 187 g/mol. The van der Waals surface area contributed by atoms with Crippen LogP contribution in [0.2, 0.25) is 0 Å². The van der Waals surface area contributed by atoms with E-state index in [1.807, 2.05) is 27.7 Å². The molecule has 0 unspecified atom stereocenters. The summed E-state index contributed by atoms with van der Waals surface area (Å²) in [5, 5.41) is 0. The lowest BCUT2D eigenvalue weighted by Crippen LogP contribution is -2.02. The summed E-state index contributed by atoms with van der Waals surface area (Å²) in [6, 6.07) is 0. The summed E-state index contributed by atoms with van der Waals surface area (Å²) in [6.45, 7) is 15.9. The summed E-state index contributed by atoms with van der Waals surface area (Å²) in [5.41, 5.74) is 5.12. The molecule has 0 nitrogen and oxygen atoms in total. The van der Waals surface area contributed by atoms with E-state index >= 15 is 0 Å². The van der Waals surface area contributed by atoms with Crippen LogP contribution in [0.15, 0.2) is 13.2 Å². The molecule has 0 aliphatic rings. The fraction of sp³-hybridized carbons (Fsp3) is 0.429. The maximum absolute atomic E-state index is 13.7. The van der Waals surface area contributed by atoms with E-state index in [1.165, 1.54) is 5.56 Å². The van der Waals surface area contributed by atoms with Crippen molar-refractivity contribution < 1.29 is 4.39 Å². The Balaban J connectivity index is 0.000000921. The van der Waals surface area contributed by atoms with Gasteiger partial charge in [-0.1, -0.05) is 6.92 Å². The van der Waals surface area contributed by atoms with Gasteiger partial charge in [0.1, 0.15) is 5.82 Å². The highest BCUT2D eigenvalue weighted by Gasteiger charge is 2.12. The standard InChI is InChI=1S/C12H17F.C2H4/c1-6-11-9(4)7(2)8(3)10(5)12(11)13;1-2/h6H2,1-5H3;1-2H2. The third kappa shape index (κ3) is 2.47. The maximum Gasteiger partial charge on any atom is 0.129 e. The van der Waals surface area contributed by atoms with Crippen molar-refractivity contribution in [3.63, 3.8) is 0 Å². The first-order valence-corrected chi connectivity index (χ1v) is 5.25. The Morgan fingerprint density at radius 2 is 1.27 bits per heavy atom. The van der Waals surface area contributed by atoms with Crippen molar-refractivity contribution in [1.82, 2.24) is 0 Å². The molecule has 84 valence electrons. The van der Waals surface area contributed by atoms with Gasteiger partial charge in [-0.2, -0.15) is 0 Å². The molecule has 0 aliphatic heterocycles. The lowest BCUT2D eigenvalue weighted by atomic mass is 9.93. The largest absolute Gasteiger partial charge is 0.206 e. The van der Waals surface area contributed by atoms with Crippen LogP contribution in [0.4, 0.5) is 4.39 Å². The first-order chi connectivity index (χ1) is 7.00. The number of hydrogen-bond acceptors (Lipinski definition) is 0. The molecule has 1 heteroatoms. The first kappa shape index (κ1) is 13.9. The first-order valence-electron chi connectivity index (χ1n) is 5.25. The molecule has 0 atom stereocenters. The SMILES string of the molecule is C=C.CCc1c(C)c(C)c(C)c(C)c1F. The smallest absolute Gasteiger partial charge is 0.129 e. The molecular formula is C14H21F. The van der Waals surface area contributed by atoms with E-state index < -0.39 is 0 Å². The molecule has 0 radical (unpaired) electrons. The zero-order valence-electron chi connectivity index (χ0n) is 10.5. The Morgan fingerprint density at radius 3 is 1.67 bits per heavy atom. The van der Waals surface area contributed by atoms with Gasteiger partial charge in [0, 0.05) is 0 Å². The lowest BCUT2D eigenvalue weighted by Gasteiger charge is -2.14. The van der Waals surface area contributed by atoms with Crippen LogP contribution in [0.25, 0.3) is 0 Å². The van der Waals surface area contributed by atoms with Crippen LogP contribution in [0.5, 0.6) is 0 Å². The lowest BCUT2D eigenvalue weighted by molar-refractivity contribution is 0.598. The van der Waals surface area contributed by atoms with Gasteiger partial charge < -0.3 is 0 Å². The Labute approximate surface area is 92.8 Å². The number of halogens is 1. The molecule has 0 N–H and O–H groups in total. The van der Waals surface area contributed by atoms with Gasteiger partial charge in [-0.05, 0) is 61.9 Å². The molecule has 0 saturated heterocycles. The second-order valence-electron chi connectivity index (χ2n) is 3.65.